The van der Waals surface area contributed by atoms with Crippen LogP contribution in [0.5, 0.6) is 0 Å². The molecule has 1 aliphatic rings. The van der Waals surface area contributed by atoms with Crippen LogP contribution in [0.1, 0.15) is 25.1 Å². The molecule has 13 heavy (non-hydrogen) atoms. The molecule has 0 radical (unpaired) electrons. The number of ether oxygens (including phenoxy) is 1. The van der Waals surface area contributed by atoms with E-state index in [2.05, 4.69) is 18.8 Å². The third kappa shape index (κ3) is 1.84. The van der Waals surface area contributed by atoms with E-state index in [0.29, 0.717) is 11.8 Å². The summed E-state index contributed by atoms with van der Waals surface area (Å²) < 4.78 is 5.65. The largest absolute Gasteiger partial charge is 0.370 e. The summed E-state index contributed by atoms with van der Waals surface area (Å²) in [6.07, 6.45) is 0.836. The average Bonchev–Trinajstić information content (AvgIpc) is 2.01. The molecule has 3 heteroatoms. The standard InChI is InChI=1S/C10H12ClNO/c1-10(2)5-8-7(6-13-10)3-4-9(11)12-8/h3-4H,5-6H2,1-2H3. The van der Waals surface area contributed by atoms with E-state index in [-0.39, 0.29) is 5.60 Å². The van der Waals surface area contributed by atoms with Crippen LogP contribution in [0.2, 0.25) is 5.15 Å². The van der Waals surface area contributed by atoms with Gasteiger partial charge in [0.2, 0.25) is 0 Å². The zero-order valence-corrected chi connectivity index (χ0v) is 8.56. The molecule has 2 heterocycles. The molecule has 2 rings (SSSR count). The molecule has 0 aromatic carbocycles. The van der Waals surface area contributed by atoms with Crippen molar-refractivity contribution in [1.82, 2.24) is 4.98 Å². The first-order chi connectivity index (χ1) is 6.07. The molecule has 0 saturated heterocycles. The van der Waals surface area contributed by atoms with Crippen molar-refractivity contribution in [2.45, 2.75) is 32.5 Å². The van der Waals surface area contributed by atoms with Gasteiger partial charge in [0.05, 0.1) is 17.9 Å². The Labute approximate surface area is 82.9 Å². The summed E-state index contributed by atoms with van der Waals surface area (Å²) >= 11 is 5.82. The van der Waals surface area contributed by atoms with E-state index in [1.165, 1.54) is 0 Å². The van der Waals surface area contributed by atoms with Crippen LogP contribution in [0, 0.1) is 0 Å². The minimum absolute atomic E-state index is 0.106. The maximum atomic E-state index is 5.82. The van der Waals surface area contributed by atoms with Gasteiger partial charge in [-0.05, 0) is 25.5 Å². The Kier molecular flexibility index (Phi) is 2.05. The summed E-state index contributed by atoms with van der Waals surface area (Å²) in [5.74, 6) is 0. The van der Waals surface area contributed by atoms with E-state index in [9.17, 15) is 0 Å². The molecule has 0 N–H and O–H groups in total. The molecule has 0 saturated carbocycles. The Morgan fingerprint density at radius 3 is 3.00 bits per heavy atom. The van der Waals surface area contributed by atoms with Crippen LogP contribution < -0.4 is 0 Å². The molecule has 0 atom stereocenters. The minimum atomic E-state index is -0.106. The number of fused-ring (bicyclic) bond motifs is 1. The van der Waals surface area contributed by atoms with Crippen molar-refractivity contribution in [3.8, 4) is 0 Å². The molecular formula is C10H12ClNO. The fraction of sp³-hybridized carbons (Fsp3) is 0.500. The van der Waals surface area contributed by atoms with Gasteiger partial charge in [0.25, 0.3) is 0 Å². The minimum Gasteiger partial charge on any atom is -0.370 e. The van der Waals surface area contributed by atoms with Crippen molar-refractivity contribution < 1.29 is 4.74 Å². The molecule has 0 bridgehead atoms. The lowest BCUT2D eigenvalue weighted by molar-refractivity contribution is -0.0412. The van der Waals surface area contributed by atoms with E-state index >= 15 is 0 Å². The topological polar surface area (TPSA) is 22.1 Å². The maximum absolute atomic E-state index is 5.82. The van der Waals surface area contributed by atoms with Gasteiger partial charge in [-0.3, -0.25) is 0 Å². The van der Waals surface area contributed by atoms with Crippen LogP contribution in [0.15, 0.2) is 12.1 Å². The number of halogens is 1. The first-order valence-corrected chi connectivity index (χ1v) is 4.73. The zero-order chi connectivity index (χ0) is 9.47. The monoisotopic (exact) mass is 197 g/mol. The second-order valence-electron chi connectivity index (χ2n) is 3.96. The van der Waals surface area contributed by atoms with Gasteiger partial charge in [0, 0.05) is 6.42 Å². The summed E-state index contributed by atoms with van der Waals surface area (Å²) in [6.45, 7) is 4.78. The molecule has 1 aromatic rings. The van der Waals surface area contributed by atoms with Gasteiger partial charge in [-0.15, -0.1) is 0 Å². The molecule has 2 nitrogen and oxygen atoms in total. The Balaban J connectivity index is 2.38. The second-order valence-corrected chi connectivity index (χ2v) is 4.35. The summed E-state index contributed by atoms with van der Waals surface area (Å²) in [5, 5.41) is 0.566. The van der Waals surface area contributed by atoms with Gasteiger partial charge in [0.15, 0.2) is 0 Å². The van der Waals surface area contributed by atoms with Crippen LogP contribution in [-0.4, -0.2) is 10.6 Å². The lowest BCUT2D eigenvalue weighted by atomic mass is 9.96. The first-order valence-electron chi connectivity index (χ1n) is 4.35. The summed E-state index contributed by atoms with van der Waals surface area (Å²) in [4.78, 5) is 4.29. The van der Waals surface area contributed by atoms with Crippen molar-refractivity contribution in [3.05, 3.63) is 28.5 Å². The molecule has 1 aliphatic heterocycles. The van der Waals surface area contributed by atoms with Gasteiger partial charge in [-0.1, -0.05) is 17.7 Å². The van der Waals surface area contributed by atoms with Gasteiger partial charge in [-0.25, -0.2) is 4.98 Å². The van der Waals surface area contributed by atoms with Crippen LogP contribution in [0.25, 0.3) is 0 Å². The van der Waals surface area contributed by atoms with Crippen molar-refractivity contribution >= 4 is 11.6 Å². The van der Waals surface area contributed by atoms with Gasteiger partial charge < -0.3 is 4.74 Å². The number of aromatic nitrogens is 1. The third-order valence-corrected chi connectivity index (χ3v) is 2.46. The number of pyridine rings is 1. The molecular weight excluding hydrogens is 186 g/mol. The molecule has 0 aliphatic carbocycles. The molecule has 0 amide bonds. The van der Waals surface area contributed by atoms with Gasteiger partial charge >= 0.3 is 0 Å². The lowest BCUT2D eigenvalue weighted by Crippen LogP contribution is -2.32. The highest BCUT2D eigenvalue weighted by Crippen LogP contribution is 2.27. The van der Waals surface area contributed by atoms with E-state index in [0.717, 1.165) is 17.7 Å². The van der Waals surface area contributed by atoms with Crippen molar-refractivity contribution in [3.63, 3.8) is 0 Å². The van der Waals surface area contributed by atoms with Crippen molar-refractivity contribution in [1.29, 1.82) is 0 Å². The van der Waals surface area contributed by atoms with E-state index in [4.69, 9.17) is 16.3 Å². The summed E-state index contributed by atoms with van der Waals surface area (Å²) in [7, 11) is 0. The van der Waals surface area contributed by atoms with Crippen molar-refractivity contribution in [2.24, 2.45) is 0 Å². The molecule has 1 aromatic heterocycles. The first kappa shape index (κ1) is 8.97. The fourth-order valence-electron chi connectivity index (χ4n) is 1.52. The van der Waals surface area contributed by atoms with E-state index < -0.39 is 0 Å². The number of hydrogen-bond donors (Lipinski definition) is 0. The Bertz CT molecular complexity index is 336. The molecule has 0 fully saturated rings. The zero-order valence-electron chi connectivity index (χ0n) is 7.80. The Hall–Kier alpha value is -0.600. The normalized spacial score (nSPS) is 19.6. The predicted octanol–water partition coefficient (Wildman–Crippen LogP) is 2.59. The Morgan fingerprint density at radius 1 is 1.46 bits per heavy atom. The van der Waals surface area contributed by atoms with Crippen LogP contribution in [0.4, 0.5) is 0 Å². The maximum Gasteiger partial charge on any atom is 0.129 e. The highest BCUT2D eigenvalue weighted by molar-refractivity contribution is 6.29. The number of rotatable bonds is 0. The van der Waals surface area contributed by atoms with E-state index in [1.807, 2.05) is 12.1 Å². The Morgan fingerprint density at radius 2 is 2.23 bits per heavy atom. The quantitative estimate of drug-likeness (QED) is 0.597. The molecule has 0 unspecified atom stereocenters. The fourth-order valence-corrected chi connectivity index (χ4v) is 1.68. The van der Waals surface area contributed by atoms with Gasteiger partial charge in [0.1, 0.15) is 5.15 Å². The second kappa shape index (κ2) is 2.96. The molecule has 70 valence electrons. The van der Waals surface area contributed by atoms with Crippen LogP contribution in [-0.2, 0) is 17.8 Å². The summed E-state index contributed by atoms with van der Waals surface area (Å²) in [6, 6.07) is 3.79. The third-order valence-electron chi connectivity index (χ3n) is 2.25. The van der Waals surface area contributed by atoms with E-state index in [1.54, 1.807) is 0 Å². The van der Waals surface area contributed by atoms with Crippen LogP contribution in [0.3, 0.4) is 0 Å². The van der Waals surface area contributed by atoms with Crippen LogP contribution >= 0.6 is 11.6 Å². The highest BCUT2D eigenvalue weighted by atomic mass is 35.5. The SMILES string of the molecule is CC1(C)Cc2nc(Cl)ccc2CO1. The van der Waals surface area contributed by atoms with Crippen molar-refractivity contribution in [2.75, 3.05) is 0 Å². The average molecular weight is 198 g/mol. The highest BCUT2D eigenvalue weighted by Gasteiger charge is 2.26. The lowest BCUT2D eigenvalue weighted by Gasteiger charge is -2.30. The smallest absolute Gasteiger partial charge is 0.129 e. The number of hydrogen-bond acceptors (Lipinski definition) is 2. The molecule has 0 spiro atoms. The summed E-state index contributed by atoms with van der Waals surface area (Å²) in [5.41, 5.74) is 2.12. The predicted molar refractivity (Wildman–Crippen MR) is 51.8 cm³/mol. The van der Waals surface area contributed by atoms with Gasteiger partial charge in [-0.2, -0.15) is 0 Å². The number of nitrogens with zero attached hydrogens (tertiary/aromatic N) is 1.